The van der Waals surface area contributed by atoms with E-state index in [0.717, 1.165) is 30.9 Å². The summed E-state index contributed by atoms with van der Waals surface area (Å²) >= 11 is 0. The minimum absolute atomic E-state index is 0.118. The summed E-state index contributed by atoms with van der Waals surface area (Å²) in [5.41, 5.74) is 1.30. The van der Waals surface area contributed by atoms with Gasteiger partial charge in [-0.3, -0.25) is 4.79 Å². The molecular formula is C21H25NO5. The molecule has 0 N–H and O–H groups in total. The van der Waals surface area contributed by atoms with Crippen molar-refractivity contribution in [3.63, 3.8) is 0 Å². The lowest BCUT2D eigenvalue weighted by Gasteiger charge is -2.19. The van der Waals surface area contributed by atoms with Crippen LogP contribution in [0.15, 0.2) is 42.5 Å². The molecule has 3 rings (SSSR count). The summed E-state index contributed by atoms with van der Waals surface area (Å²) in [4.78, 5) is 14.3. The molecule has 0 spiro atoms. The molecule has 27 heavy (non-hydrogen) atoms. The SMILES string of the molecule is COc1ccc(N(C)C(=O)c2ccc(OC[C@@H]3CCCO3)cc2)cc1OC. The van der Waals surface area contributed by atoms with E-state index in [2.05, 4.69) is 0 Å². The van der Waals surface area contributed by atoms with Crippen molar-refractivity contribution in [3.8, 4) is 17.2 Å². The maximum absolute atomic E-state index is 12.8. The van der Waals surface area contributed by atoms with E-state index >= 15 is 0 Å². The van der Waals surface area contributed by atoms with Crippen LogP contribution in [0, 0.1) is 0 Å². The average Bonchev–Trinajstić information content (AvgIpc) is 3.24. The predicted octanol–water partition coefficient (Wildman–Crippen LogP) is 3.54. The van der Waals surface area contributed by atoms with Gasteiger partial charge in [0.1, 0.15) is 12.4 Å². The molecule has 1 fully saturated rings. The van der Waals surface area contributed by atoms with Crippen molar-refractivity contribution >= 4 is 11.6 Å². The summed E-state index contributed by atoms with van der Waals surface area (Å²) in [6, 6.07) is 12.5. The molecule has 0 bridgehead atoms. The topological polar surface area (TPSA) is 57.2 Å². The lowest BCUT2D eigenvalue weighted by atomic mass is 10.1. The van der Waals surface area contributed by atoms with E-state index in [4.69, 9.17) is 18.9 Å². The molecule has 0 aliphatic carbocycles. The fourth-order valence-electron chi connectivity index (χ4n) is 3.00. The van der Waals surface area contributed by atoms with Gasteiger partial charge in [-0.1, -0.05) is 0 Å². The monoisotopic (exact) mass is 371 g/mol. The Morgan fingerprint density at radius 2 is 1.85 bits per heavy atom. The molecule has 6 nitrogen and oxygen atoms in total. The van der Waals surface area contributed by atoms with E-state index < -0.39 is 0 Å². The van der Waals surface area contributed by atoms with E-state index in [-0.39, 0.29) is 12.0 Å². The Morgan fingerprint density at radius 3 is 2.48 bits per heavy atom. The number of anilines is 1. The van der Waals surface area contributed by atoms with Gasteiger partial charge >= 0.3 is 0 Å². The second-order valence-electron chi connectivity index (χ2n) is 6.37. The number of rotatable bonds is 7. The fourth-order valence-corrected chi connectivity index (χ4v) is 3.00. The second-order valence-corrected chi connectivity index (χ2v) is 6.37. The molecule has 1 amide bonds. The van der Waals surface area contributed by atoms with Gasteiger partial charge in [0.15, 0.2) is 11.5 Å². The lowest BCUT2D eigenvalue weighted by molar-refractivity contribution is 0.0679. The highest BCUT2D eigenvalue weighted by atomic mass is 16.5. The third-order valence-corrected chi connectivity index (χ3v) is 4.62. The van der Waals surface area contributed by atoms with Gasteiger partial charge in [0.05, 0.1) is 20.3 Å². The van der Waals surface area contributed by atoms with Gasteiger partial charge in [-0.25, -0.2) is 0 Å². The number of amides is 1. The molecule has 0 unspecified atom stereocenters. The van der Waals surface area contributed by atoms with Crippen LogP contribution in [0.2, 0.25) is 0 Å². The molecule has 1 atom stereocenters. The van der Waals surface area contributed by atoms with Crippen LogP contribution in [0.4, 0.5) is 5.69 Å². The molecule has 2 aromatic rings. The summed E-state index contributed by atoms with van der Waals surface area (Å²) in [6.07, 6.45) is 2.29. The minimum atomic E-state index is -0.118. The third-order valence-electron chi connectivity index (χ3n) is 4.62. The molecule has 0 saturated carbocycles. The first-order valence-corrected chi connectivity index (χ1v) is 8.97. The minimum Gasteiger partial charge on any atom is -0.493 e. The van der Waals surface area contributed by atoms with Gasteiger partial charge in [-0.15, -0.1) is 0 Å². The first kappa shape index (κ1) is 19.0. The molecule has 1 heterocycles. The first-order valence-electron chi connectivity index (χ1n) is 8.97. The number of carbonyl (C=O) groups excluding carboxylic acids is 1. The Bertz CT molecular complexity index is 769. The Kier molecular flexibility index (Phi) is 6.19. The van der Waals surface area contributed by atoms with Crippen molar-refractivity contribution in [2.24, 2.45) is 0 Å². The first-order chi connectivity index (χ1) is 13.1. The van der Waals surface area contributed by atoms with Crippen molar-refractivity contribution in [2.45, 2.75) is 18.9 Å². The second kappa shape index (κ2) is 8.77. The largest absolute Gasteiger partial charge is 0.493 e. The molecule has 0 aromatic heterocycles. The van der Waals surface area contributed by atoms with Gasteiger partial charge < -0.3 is 23.8 Å². The van der Waals surface area contributed by atoms with Crippen LogP contribution >= 0.6 is 0 Å². The summed E-state index contributed by atoms with van der Waals surface area (Å²) in [5, 5.41) is 0. The Morgan fingerprint density at radius 1 is 1.11 bits per heavy atom. The highest BCUT2D eigenvalue weighted by Gasteiger charge is 2.17. The summed E-state index contributed by atoms with van der Waals surface area (Å²) in [5.74, 6) is 1.81. The lowest BCUT2D eigenvalue weighted by Crippen LogP contribution is -2.26. The molecule has 2 aromatic carbocycles. The van der Waals surface area contributed by atoms with Crippen LogP contribution < -0.4 is 19.1 Å². The van der Waals surface area contributed by atoms with Gasteiger partial charge in [-0.05, 0) is 49.2 Å². The summed E-state index contributed by atoms with van der Waals surface area (Å²) in [6.45, 7) is 1.35. The average molecular weight is 371 g/mol. The van der Waals surface area contributed by atoms with Crippen LogP contribution in [-0.4, -0.2) is 46.5 Å². The molecule has 1 saturated heterocycles. The van der Waals surface area contributed by atoms with Crippen LogP contribution in [0.5, 0.6) is 17.2 Å². The van der Waals surface area contributed by atoms with Crippen molar-refractivity contribution in [3.05, 3.63) is 48.0 Å². The number of nitrogens with zero attached hydrogens (tertiary/aromatic N) is 1. The number of benzene rings is 2. The Hall–Kier alpha value is -2.73. The number of carbonyl (C=O) groups is 1. The van der Waals surface area contributed by atoms with Crippen molar-refractivity contribution in [2.75, 3.05) is 39.4 Å². The summed E-state index contributed by atoms with van der Waals surface area (Å²) < 4.78 is 21.8. The van der Waals surface area contributed by atoms with E-state index in [1.807, 2.05) is 18.2 Å². The maximum atomic E-state index is 12.8. The van der Waals surface area contributed by atoms with Gasteiger partial charge in [0.2, 0.25) is 0 Å². The number of methoxy groups -OCH3 is 2. The van der Waals surface area contributed by atoms with Crippen molar-refractivity contribution in [1.82, 2.24) is 0 Å². The van der Waals surface area contributed by atoms with Gasteiger partial charge in [0, 0.05) is 31.0 Å². The van der Waals surface area contributed by atoms with Crippen LogP contribution in [0.25, 0.3) is 0 Å². The molecule has 0 radical (unpaired) electrons. The quantitative estimate of drug-likeness (QED) is 0.745. The maximum Gasteiger partial charge on any atom is 0.258 e. The summed E-state index contributed by atoms with van der Waals surface area (Å²) in [7, 11) is 4.87. The van der Waals surface area contributed by atoms with Crippen molar-refractivity contribution < 1.29 is 23.7 Å². The van der Waals surface area contributed by atoms with E-state index in [1.54, 1.807) is 50.4 Å². The number of hydrogen-bond donors (Lipinski definition) is 0. The Balaban J connectivity index is 1.65. The van der Waals surface area contributed by atoms with Crippen LogP contribution in [-0.2, 0) is 4.74 Å². The molecule has 1 aliphatic heterocycles. The van der Waals surface area contributed by atoms with E-state index in [9.17, 15) is 4.79 Å². The number of hydrogen-bond acceptors (Lipinski definition) is 5. The van der Waals surface area contributed by atoms with Crippen LogP contribution in [0.1, 0.15) is 23.2 Å². The zero-order valence-corrected chi connectivity index (χ0v) is 15.9. The molecule has 144 valence electrons. The van der Waals surface area contributed by atoms with Gasteiger partial charge in [0.25, 0.3) is 5.91 Å². The third kappa shape index (κ3) is 4.52. The standard InChI is InChI=1S/C21H25NO5/c1-22(16-8-11-19(24-2)20(13-16)25-3)21(23)15-6-9-17(10-7-15)27-14-18-5-4-12-26-18/h6-11,13,18H,4-5,12,14H2,1-3H3/t18-/m0/s1. The Labute approximate surface area is 159 Å². The van der Waals surface area contributed by atoms with Gasteiger partial charge in [-0.2, -0.15) is 0 Å². The van der Waals surface area contributed by atoms with E-state index in [1.165, 1.54) is 0 Å². The zero-order chi connectivity index (χ0) is 19.2. The molecule has 1 aliphatic rings. The van der Waals surface area contributed by atoms with Crippen LogP contribution in [0.3, 0.4) is 0 Å². The van der Waals surface area contributed by atoms with E-state index in [0.29, 0.717) is 23.7 Å². The molecular weight excluding hydrogens is 346 g/mol. The highest BCUT2D eigenvalue weighted by Crippen LogP contribution is 2.31. The van der Waals surface area contributed by atoms with Crippen molar-refractivity contribution in [1.29, 1.82) is 0 Å². The normalized spacial score (nSPS) is 16.0. The smallest absolute Gasteiger partial charge is 0.258 e. The zero-order valence-electron chi connectivity index (χ0n) is 15.9. The number of ether oxygens (including phenoxy) is 4. The molecule has 6 heteroatoms. The predicted molar refractivity (Wildman–Crippen MR) is 103 cm³/mol. The highest BCUT2D eigenvalue weighted by molar-refractivity contribution is 6.05. The fraction of sp³-hybridized carbons (Fsp3) is 0.381.